The summed E-state index contributed by atoms with van der Waals surface area (Å²) in [6.45, 7) is 4.51. The van der Waals surface area contributed by atoms with Gasteiger partial charge in [0.25, 0.3) is 0 Å². The van der Waals surface area contributed by atoms with Gasteiger partial charge >= 0.3 is 0 Å². The van der Waals surface area contributed by atoms with Gasteiger partial charge in [0, 0.05) is 37.9 Å². The number of aryl methyl sites for hydroxylation is 1. The Hall–Kier alpha value is -1.58. The van der Waals surface area contributed by atoms with Crippen LogP contribution in [0.15, 0.2) is 18.7 Å². The maximum atomic E-state index is 11.9. The molecule has 0 N–H and O–H groups in total. The van der Waals surface area contributed by atoms with Gasteiger partial charge < -0.3 is 0 Å². The predicted octanol–water partition coefficient (Wildman–Crippen LogP) is 1.84. The second-order valence-electron chi connectivity index (χ2n) is 5.03. The van der Waals surface area contributed by atoms with Gasteiger partial charge in [-0.05, 0) is 12.8 Å². The summed E-state index contributed by atoms with van der Waals surface area (Å²) in [7, 11) is 1.91. The highest BCUT2D eigenvalue weighted by atomic mass is 16.2. The summed E-state index contributed by atoms with van der Waals surface area (Å²) in [5.41, 5.74) is 1.14. The van der Waals surface area contributed by atoms with Gasteiger partial charge in [0.05, 0.1) is 5.69 Å². The lowest BCUT2D eigenvalue weighted by molar-refractivity contribution is -0.117. The monoisotopic (exact) mass is 231 g/mol. The van der Waals surface area contributed by atoms with Crippen LogP contribution in [-0.2, 0) is 11.8 Å². The molecule has 90 valence electrons. The molecular formula is C13H17N3O. The zero-order chi connectivity index (χ0) is 12.0. The molecule has 17 heavy (non-hydrogen) atoms. The van der Waals surface area contributed by atoms with Crippen molar-refractivity contribution in [3.05, 3.63) is 24.4 Å². The van der Waals surface area contributed by atoms with E-state index in [0.717, 1.165) is 18.1 Å². The lowest BCUT2D eigenvalue weighted by Crippen LogP contribution is -2.26. The van der Waals surface area contributed by atoms with Crippen molar-refractivity contribution in [2.75, 3.05) is 11.4 Å². The van der Waals surface area contributed by atoms with Gasteiger partial charge in [0.2, 0.25) is 5.91 Å². The number of carbonyl (C=O) groups is 1. The van der Waals surface area contributed by atoms with Crippen molar-refractivity contribution in [2.45, 2.75) is 25.2 Å². The minimum Gasteiger partial charge on any atom is -0.296 e. The SMILES string of the molecule is C=CC1CC(=O)N(c2cc(C3CC3)nn2C)C1. The topological polar surface area (TPSA) is 38.1 Å². The first-order valence-electron chi connectivity index (χ1n) is 6.16. The Kier molecular flexibility index (Phi) is 2.31. The highest BCUT2D eigenvalue weighted by Crippen LogP contribution is 2.40. The van der Waals surface area contributed by atoms with Crippen molar-refractivity contribution in [1.82, 2.24) is 9.78 Å². The third-order valence-corrected chi connectivity index (χ3v) is 3.63. The fourth-order valence-electron chi connectivity index (χ4n) is 2.42. The molecule has 4 heteroatoms. The molecule has 4 nitrogen and oxygen atoms in total. The third-order valence-electron chi connectivity index (χ3n) is 3.63. The number of nitrogens with zero attached hydrogens (tertiary/aromatic N) is 3. The summed E-state index contributed by atoms with van der Waals surface area (Å²) >= 11 is 0. The van der Waals surface area contributed by atoms with Gasteiger partial charge in [0.1, 0.15) is 5.82 Å². The number of anilines is 1. The van der Waals surface area contributed by atoms with Crippen LogP contribution in [-0.4, -0.2) is 22.2 Å². The first-order valence-corrected chi connectivity index (χ1v) is 6.16. The zero-order valence-corrected chi connectivity index (χ0v) is 10.1. The molecule has 2 fully saturated rings. The molecule has 1 aliphatic carbocycles. The summed E-state index contributed by atoms with van der Waals surface area (Å²) in [5, 5.41) is 4.50. The molecule has 0 spiro atoms. The van der Waals surface area contributed by atoms with Gasteiger partial charge in [0.15, 0.2) is 0 Å². The number of amides is 1. The van der Waals surface area contributed by atoms with Crippen molar-refractivity contribution in [2.24, 2.45) is 13.0 Å². The molecule has 1 aromatic rings. The first kappa shape index (κ1) is 10.6. The summed E-state index contributed by atoms with van der Waals surface area (Å²) in [4.78, 5) is 13.8. The van der Waals surface area contributed by atoms with Crippen molar-refractivity contribution in [1.29, 1.82) is 0 Å². The fourth-order valence-corrected chi connectivity index (χ4v) is 2.42. The number of hydrogen-bond acceptors (Lipinski definition) is 2. The van der Waals surface area contributed by atoms with E-state index in [1.165, 1.54) is 12.8 Å². The van der Waals surface area contributed by atoms with Gasteiger partial charge in [-0.15, -0.1) is 6.58 Å². The maximum absolute atomic E-state index is 11.9. The molecule has 1 saturated heterocycles. The van der Waals surface area contributed by atoms with Crippen LogP contribution in [0.2, 0.25) is 0 Å². The quantitative estimate of drug-likeness (QED) is 0.744. The molecule has 0 aromatic carbocycles. The van der Waals surface area contributed by atoms with Crippen LogP contribution in [0.5, 0.6) is 0 Å². The third kappa shape index (κ3) is 1.77. The summed E-state index contributed by atoms with van der Waals surface area (Å²) < 4.78 is 1.83. The lowest BCUT2D eigenvalue weighted by atomic mass is 10.1. The zero-order valence-electron chi connectivity index (χ0n) is 10.1. The Morgan fingerprint density at radius 1 is 1.53 bits per heavy atom. The standard InChI is InChI=1S/C13H17N3O/c1-3-9-6-13(17)16(8-9)12-7-11(10-4-5-10)14-15(12)2/h3,7,9-10H,1,4-6,8H2,2H3. The van der Waals surface area contributed by atoms with E-state index in [4.69, 9.17) is 0 Å². The molecule has 1 aromatic heterocycles. The van der Waals surface area contributed by atoms with Crippen LogP contribution >= 0.6 is 0 Å². The predicted molar refractivity (Wildman–Crippen MR) is 65.8 cm³/mol. The number of hydrogen-bond donors (Lipinski definition) is 0. The second-order valence-corrected chi connectivity index (χ2v) is 5.03. The van der Waals surface area contributed by atoms with Gasteiger partial charge in [-0.2, -0.15) is 5.10 Å². The molecule has 0 bridgehead atoms. The Labute approximate surface area is 101 Å². The highest BCUT2D eigenvalue weighted by molar-refractivity contribution is 5.95. The second kappa shape index (κ2) is 3.72. The van der Waals surface area contributed by atoms with Crippen molar-refractivity contribution in [3.63, 3.8) is 0 Å². The fraction of sp³-hybridized carbons (Fsp3) is 0.538. The minimum atomic E-state index is 0.181. The van der Waals surface area contributed by atoms with Gasteiger partial charge in [-0.25, -0.2) is 0 Å². The van der Waals surface area contributed by atoms with E-state index in [1.54, 1.807) is 0 Å². The lowest BCUT2D eigenvalue weighted by Gasteiger charge is -2.15. The minimum absolute atomic E-state index is 0.181. The van der Waals surface area contributed by atoms with Crippen molar-refractivity contribution in [3.8, 4) is 0 Å². The number of rotatable bonds is 3. The Bertz CT molecular complexity index is 473. The smallest absolute Gasteiger partial charge is 0.228 e. The molecule has 1 unspecified atom stereocenters. The Balaban J connectivity index is 1.88. The maximum Gasteiger partial charge on any atom is 0.228 e. The molecule has 2 aliphatic rings. The highest BCUT2D eigenvalue weighted by Gasteiger charge is 2.33. The van der Waals surface area contributed by atoms with E-state index in [1.807, 2.05) is 22.7 Å². The van der Waals surface area contributed by atoms with E-state index >= 15 is 0 Å². The number of aromatic nitrogens is 2. The molecule has 0 radical (unpaired) electrons. The molecular weight excluding hydrogens is 214 g/mol. The molecule has 1 atom stereocenters. The van der Waals surface area contributed by atoms with Crippen LogP contribution in [0.4, 0.5) is 5.82 Å². The molecule has 2 heterocycles. The average Bonchev–Trinajstić information content (AvgIpc) is 2.99. The van der Waals surface area contributed by atoms with Crippen molar-refractivity contribution < 1.29 is 4.79 Å². The average molecular weight is 231 g/mol. The van der Waals surface area contributed by atoms with E-state index < -0.39 is 0 Å². The van der Waals surface area contributed by atoms with Gasteiger partial charge in [-0.1, -0.05) is 6.08 Å². The van der Waals surface area contributed by atoms with E-state index in [9.17, 15) is 4.79 Å². The Morgan fingerprint density at radius 3 is 2.88 bits per heavy atom. The van der Waals surface area contributed by atoms with Crippen LogP contribution in [0, 0.1) is 5.92 Å². The Morgan fingerprint density at radius 2 is 2.29 bits per heavy atom. The first-order chi connectivity index (χ1) is 8.19. The van der Waals surface area contributed by atoms with Crippen molar-refractivity contribution >= 4 is 11.7 Å². The van der Waals surface area contributed by atoms with E-state index in [-0.39, 0.29) is 11.8 Å². The van der Waals surface area contributed by atoms with E-state index in [0.29, 0.717) is 12.3 Å². The molecule has 1 amide bonds. The summed E-state index contributed by atoms with van der Waals surface area (Å²) in [6, 6.07) is 2.07. The number of carbonyl (C=O) groups excluding carboxylic acids is 1. The van der Waals surface area contributed by atoms with Crippen LogP contribution in [0.25, 0.3) is 0 Å². The molecule has 1 aliphatic heterocycles. The molecule has 1 saturated carbocycles. The van der Waals surface area contributed by atoms with Crippen LogP contribution < -0.4 is 4.90 Å². The van der Waals surface area contributed by atoms with Crippen LogP contribution in [0.3, 0.4) is 0 Å². The van der Waals surface area contributed by atoms with Crippen LogP contribution in [0.1, 0.15) is 30.9 Å². The normalized spacial score (nSPS) is 24.4. The summed E-state index contributed by atoms with van der Waals surface area (Å²) in [5.74, 6) is 2.02. The van der Waals surface area contributed by atoms with E-state index in [2.05, 4.69) is 17.7 Å². The molecule has 3 rings (SSSR count). The largest absolute Gasteiger partial charge is 0.296 e. The summed E-state index contributed by atoms with van der Waals surface area (Å²) in [6.07, 6.45) is 4.92. The van der Waals surface area contributed by atoms with Gasteiger partial charge in [-0.3, -0.25) is 14.4 Å².